The zero-order valence-electron chi connectivity index (χ0n) is 18.1. The van der Waals surface area contributed by atoms with Crippen molar-refractivity contribution in [3.05, 3.63) is 65.2 Å². The number of rotatable bonds is 9. The van der Waals surface area contributed by atoms with Gasteiger partial charge in [0, 0.05) is 11.1 Å². The summed E-state index contributed by atoms with van der Waals surface area (Å²) in [7, 11) is 1.60. The van der Waals surface area contributed by atoms with Gasteiger partial charge in [0.2, 0.25) is 5.88 Å². The Kier molecular flexibility index (Phi) is 6.89. The van der Waals surface area contributed by atoms with Crippen molar-refractivity contribution in [2.45, 2.75) is 6.92 Å². The first-order chi connectivity index (χ1) is 16.0. The van der Waals surface area contributed by atoms with Gasteiger partial charge in [-0.3, -0.25) is 4.79 Å². The minimum Gasteiger partial charge on any atom is -0.496 e. The van der Waals surface area contributed by atoms with E-state index in [-0.39, 0.29) is 19.1 Å². The van der Waals surface area contributed by atoms with Crippen LogP contribution >= 0.6 is 11.6 Å². The summed E-state index contributed by atoms with van der Waals surface area (Å²) in [5.41, 5.74) is 2.22. The maximum absolute atomic E-state index is 12.0. The van der Waals surface area contributed by atoms with Crippen LogP contribution in [-0.2, 0) is 4.79 Å². The highest BCUT2D eigenvalue weighted by Gasteiger charge is 2.14. The summed E-state index contributed by atoms with van der Waals surface area (Å²) in [6.07, 6.45) is 0. The molecule has 0 atom stereocenters. The molecule has 0 fully saturated rings. The van der Waals surface area contributed by atoms with Gasteiger partial charge >= 0.3 is 0 Å². The van der Waals surface area contributed by atoms with Crippen LogP contribution < -0.4 is 19.5 Å². The van der Waals surface area contributed by atoms with Gasteiger partial charge in [0.1, 0.15) is 18.1 Å². The van der Waals surface area contributed by atoms with E-state index in [0.29, 0.717) is 40.4 Å². The molecule has 170 valence electrons. The fourth-order valence-electron chi connectivity index (χ4n) is 3.10. The number of carbonyl (C=O) groups is 1. The fourth-order valence-corrected chi connectivity index (χ4v) is 3.22. The molecule has 9 nitrogen and oxygen atoms in total. The molecule has 0 unspecified atom stereocenters. The number of nitrogens with zero attached hydrogens (tertiary/aromatic N) is 4. The molecule has 2 aromatic heterocycles. The van der Waals surface area contributed by atoms with Crippen molar-refractivity contribution in [2.75, 3.05) is 26.9 Å². The van der Waals surface area contributed by atoms with E-state index < -0.39 is 0 Å². The van der Waals surface area contributed by atoms with E-state index in [1.807, 2.05) is 31.2 Å². The number of aromatic nitrogens is 4. The van der Waals surface area contributed by atoms with Crippen molar-refractivity contribution in [1.29, 1.82) is 0 Å². The Morgan fingerprint density at radius 1 is 1.09 bits per heavy atom. The van der Waals surface area contributed by atoms with Crippen LogP contribution in [-0.4, -0.2) is 52.6 Å². The monoisotopic (exact) mass is 467 g/mol. The third kappa shape index (κ3) is 5.32. The van der Waals surface area contributed by atoms with Crippen molar-refractivity contribution >= 4 is 23.2 Å². The molecular weight excluding hydrogens is 446 g/mol. The van der Waals surface area contributed by atoms with Gasteiger partial charge in [0.15, 0.2) is 18.1 Å². The van der Waals surface area contributed by atoms with Gasteiger partial charge in [-0.1, -0.05) is 23.7 Å². The Morgan fingerprint density at radius 2 is 1.94 bits per heavy atom. The molecule has 1 N–H and O–H groups in total. The van der Waals surface area contributed by atoms with Crippen molar-refractivity contribution in [3.63, 3.8) is 0 Å². The number of aryl methyl sites for hydroxylation is 1. The van der Waals surface area contributed by atoms with Gasteiger partial charge in [-0.2, -0.15) is 4.52 Å². The van der Waals surface area contributed by atoms with Crippen molar-refractivity contribution in [3.8, 4) is 28.8 Å². The molecule has 0 bridgehead atoms. The molecule has 0 radical (unpaired) electrons. The topological polar surface area (TPSA) is 99.9 Å². The number of hydrogen-bond donors (Lipinski definition) is 1. The van der Waals surface area contributed by atoms with Crippen LogP contribution in [0.1, 0.15) is 5.56 Å². The Hall–Kier alpha value is -3.85. The minimum atomic E-state index is -0.258. The highest BCUT2D eigenvalue weighted by molar-refractivity contribution is 6.31. The van der Waals surface area contributed by atoms with Crippen LogP contribution in [0.5, 0.6) is 17.4 Å². The van der Waals surface area contributed by atoms with Gasteiger partial charge in [-0.05, 0) is 48.9 Å². The van der Waals surface area contributed by atoms with E-state index in [1.165, 1.54) is 0 Å². The van der Waals surface area contributed by atoms with E-state index in [2.05, 4.69) is 20.6 Å². The predicted molar refractivity (Wildman–Crippen MR) is 123 cm³/mol. The summed E-state index contributed by atoms with van der Waals surface area (Å²) >= 11 is 5.99. The summed E-state index contributed by atoms with van der Waals surface area (Å²) in [5, 5.41) is 16.2. The van der Waals surface area contributed by atoms with Gasteiger partial charge < -0.3 is 19.5 Å². The number of hydrogen-bond acceptors (Lipinski definition) is 7. The highest BCUT2D eigenvalue weighted by atomic mass is 35.5. The van der Waals surface area contributed by atoms with Crippen LogP contribution in [0.25, 0.3) is 17.0 Å². The predicted octanol–water partition coefficient (Wildman–Crippen LogP) is 3.34. The molecule has 0 aliphatic rings. The lowest BCUT2D eigenvalue weighted by Gasteiger charge is -2.10. The molecule has 0 spiro atoms. The molecule has 4 aromatic rings. The summed E-state index contributed by atoms with van der Waals surface area (Å²) in [6.45, 7) is 2.30. The number of para-hydroxylation sites is 1. The smallest absolute Gasteiger partial charge is 0.258 e. The second kappa shape index (κ2) is 10.2. The second-order valence-corrected chi connectivity index (χ2v) is 7.47. The number of benzene rings is 2. The maximum atomic E-state index is 12.0. The first-order valence-corrected chi connectivity index (χ1v) is 10.6. The molecule has 0 saturated carbocycles. The average molecular weight is 468 g/mol. The maximum Gasteiger partial charge on any atom is 0.258 e. The molecule has 4 rings (SSSR count). The van der Waals surface area contributed by atoms with E-state index >= 15 is 0 Å². The molecular formula is C23H22ClN5O4. The SMILES string of the molecule is COc1ccccc1-c1nnc2ccc(OCCNC(=O)COc3ccc(Cl)c(C)c3)nn12. The molecule has 0 aliphatic heterocycles. The third-order valence-electron chi connectivity index (χ3n) is 4.76. The Bertz CT molecular complexity index is 1280. The van der Waals surface area contributed by atoms with Gasteiger partial charge in [0.25, 0.3) is 5.91 Å². The van der Waals surface area contributed by atoms with E-state index in [0.717, 1.165) is 11.1 Å². The lowest BCUT2D eigenvalue weighted by molar-refractivity contribution is -0.123. The van der Waals surface area contributed by atoms with Crippen LogP contribution in [0.15, 0.2) is 54.6 Å². The quantitative estimate of drug-likeness (QED) is 0.377. The lowest BCUT2D eigenvalue weighted by Crippen LogP contribution is -2.32. The number of nitrogens with one attached hydrogen (secondary N) is 1. The fraction of sp³-hybridized carbons (Fsp3) is 0.217. The Morgan fingerprint density at radius 3 is 2.76 bits per heavy atom. The average Bonchev–Trinajstić information content (AvgIpc) is 3.25. The van der Waals surface area contributed by atoms with E-state index in [1.54, 1.807) is 42.0 Å². The van der Waals surface area contributed by atoms with Crippen LogP contribution in [0.4, 0.5) is 0 Å². The standard InChI is InChI=1S/C23H22ClN5O4/c1-15-13-16(7-8-18(15)24)33-14-21(30)25-11-12-32-22-10-9-20-26-27-23(29(20)28-22)17-5-3-4-6-19(17)31-2/h3-10,13H,11-12,14H2,1-2H3,(H,25,30). The zero-order valence-corrected chi connectivity index (χ0v) is 18.9. The number of ether oxygens (including phenoxy) is 3. The summed E-state index contributed by atoms with van der Waals surface area (Å²) in [6, 6.07) is 16.2. The van der Waals surface area contributed by atoms with Gasteiger partial charge in [0.05, 0.1) is 19.2 Å². The largest absolute Gasteiger partial charge is 0.496 e. The molecule has 0 saturated heterocycles. The lowest BCUT2D eigenvalue weighted by atomic mass is 10.2. The van der Waals surface area contributed by atoms with Crippen LogP contribution in [0.2, 0.25) is 5.02 Å². The summed E-state index contributed by atoms with van der Waals surface area (Å²) < 4.78 is 18.2. The Labute approximate surface area is 195 Å². The number of amides is 1. The Balaban J connectivity index is 1.31. The van der Waals surface area contributed by atoms with Crippen LogP contribution in [0.3, 0.4) is 0 Å². The van der Waals surface area contributed by atoms with Gasteiger partial charge in [-0.15, -0.1) is 15.3 Å². The molecule has 2 heterocycles. The number of fused-ring (bicyclic) bond motifs is 1. The third-order valence-corrected chi connectivity index (χ3v) is 5.18. The first-order valence-electron chi connectivity index (χ1n) is 10.2. The zero-order chi connectivity index (χ0) is 23.2. The van der Waals surface area contributed by atoms with Crippen LogP contribution in [0, 0.1) is 6.92 Å². The van der Waals surface area contributed by atoms with E-state index in [4.69, 9.17) is 25.8 Å². The van der Waals surface area contributed by atoms with Crippen molar-refractivity contribution < 1.29 is 19.0 Å². The molecule has 10 heteroatoms. The first kappa shape index (κ1) is 22.3. The normalized spacial score (nSPS) is 10.8. The molecule has 0 aliphatic carbocycles. The summed E-state index contributed by atoms with van der Waals surface area (Å²) in [4.78, 5) is 12.0. The number of halogens is 1. The number of methoxy groups -OCH3 is 1. The minimum absolute atomic E-state index is 0.103. The van der Waals surface area contributed by atoms with Crippen molar-refractivity contribution in [1.82, 2.24) is 25.1 Å². The van der Waals surface area contributed by atoms with Gasteiger partial charge in [-0.25, -0.2) is 0 Å². The van der Waals surface area contributed by atoms with E-state index in [9.17, 15) is 4.79 Å². The molecule has 2 aromatic carbocycles. The highest BCUT2D eigenvalue weighted by Crippen LogP contribution is 2.28. The second-order valence-electron chi connectivity index (χ2n) is 7.06. The molecule has 1 amide bonds. The molecule has 33 heavy (non-hydrogen) atoms. The summed E-state index contributed by atoms with van der Waals surface area (Å²) in [5.74, 6) is 1.91. The van der Waals surface area contributed by atoms with Crippen molar-refractivity contribution in [2.24, 2.45) is 0 Å². The number of carbonyl (C=O) groups excluding carboxylic acids is 1.